The molecule has 2 nitrogen and oxygen atoms in total. The highest BCUT2D eigenvalue weighted by molar-refractivity contribution is 6.12. The van der Waals surface area contributed by atoms with Gasteiger partial charge >= 0.3 is 0 Å². The lowest BCUT2D eigenvalue weighted by Gasteiger charge is -2.10. The zero-order valence-electron chi connectivity index (χ0n) is 25.6. The van der Waals surface area contributed by atoms with Crippen molar-refractivity contribution < 1.29 is 4.79 Å². The molecular formula is C43H35NO. The van der Waals surface area contributed by atoms with Crippen LogP contribution < -0.4 is 5.32 Å². The van der Waals surface area contributed by atoms with E-state index in [1.54, 1.807) is 16.5 Å². The van der Waals surface area contributed by atoms with Gasteiger partial charge in [-0.1, -0.05) is 135 Å². The highest BCUT2D eigenvalue weighted by atomic mass is 16.1. The van der Waals surface area contributed by atoms with Gasteiger partial charge in [0.15, 0.2) is 0 Å². The summed E-state index contributed by atoms with van der Waals surface area (Å²) in [5.41, 5.74) is 12.0. The first-order chi connectivity index (χ1) is 22.2. The van der Waals surface area contributed by atoms with E-state index in [-0.39, 0.29) is 5.91 Å². The molecule has 0 heterocycles. The minimum absolute atomic E-state index is 0.105. The maximum Gasteiger partial charge on any atom is 0.224 e. The van der Waals surface area contributed by atoms with Gasteiger partial charge in [0.25, 0.3) is 0 Å². The molecule has 0 fully saturated rings. The zero-order valence-corrected chi connectivity index (χ0v) is 25.6. The number of unbranched alkanes of at least 4 members (excludes halogenated alkanes) is 1. The number of aryl methyl sites for hydroxylation is 2. The van der Waals surface area contributed by atoms with Gasteiger partial charge in [0.2, 0.25) is 5.91 Å². The van der Waals surface area contributed by atoms with Crippen molar-refractivity contribution in [1.29, 1.82) is 0 Å². The van der Waals surface area contributed by atoms with Crippen molar-refractivity contribution in [2.45, 2.75) is 39.0 Å². The third-order valence-corrected chi connectivity index (χ3v) is 9.49. The average Bonchev–Trinajstić information content (AvgIpc) is 3.88. The lowest BCUT2D eigenvalue weighted by atomic mass is 10.00. The minimum Gasteiger partial charge on any atom is -0.326 e. The SMILES string of the molecule is C1=Cc2ccc3c4c(ccc1c24)CC3.C1=Cc2cccc3cccc1c23.CCCCC(=O)Nc1ccc2c3c(cccc13)C=C2. The van der Waals surface area contributed by atoms with Crippen molar-refractivity contribution in [3.8, 4) is 0 Å². The van der Waals surface area contributed by atoms with Gasteiger partial charge in [-0.25, -0.2) is 0 Å². The van der Waals surface area contributed by atoms with E-state index < -0.39 is 0 Å². The number of hydrogen-bond acceptors (Lipinski definition) is 1. The number of amides is 1. The largest absolute Gasteiger partial charge is 0.326 e. The van der Waals surface area contributed by atoms with E-state index in [2.05, 4.69) is 128 Å². The van der Waals surface area contributed by atoms with Crippen LogP contribution in [0.25, 0.3) is 68.8 Å². The Morgan fingerprint density at radius 1 is 0.556 bits per heavy atom. The highest BCUT2D eigenvalue weighted by Gasteiger charge is 2.19. The maximum absolute atomic E-state index is 11.9. The van der Waals surface area contributed by atoms with E-state index in [1.807, 2.05) is 12.1 Å². The summed E-state index contributed by atoms with van der Waals surface area (Å²) in [6, 6.07) is 32.3. The third-order valence-electron chi connectivity index (χ3n) is 9.49. The molecular weight excluding hydrogens is 546 g/mol. The molecule has 2 heteroatoms. The van der Waals surface area contributed by atoms with Crippen LogP contribution in [0, 0.1) is 0 Å². The monoisotopic (exact) mass is 581 g/mol. The van der Waals surface area contributed by atoms with Gasteiger partial charge in [-0.15, -0.1) is 0 Å². The van der Waals surface area contributed by atoms with Crippen LogP contribution in [-0.4, -0.2) is 5.91 Å². The quantitative estimate of drug-likeness (QED) is 0.220. The molecule has 0 aliphatic heterocycles. The summed E-state index contributed by atoms with van der Waals surface area (Å²) in [5.74, 6) is 0.105. The van der Waals surface area contributed by atoms with E-state index in [9.17, 15) is 4.79 Å². The molecule has 0 aromatic heterocycles. The van der Waals surface area contributed by atoms with Crippen LogP contribution in [0.15, 0.2) is 91.0 Å². The first-order valence-electron chi connectivity index (χ1n) is 16.2. The second-order valence-electron chi connectivity index (χ2n) is 12.3. The van der Waals surface area contributed by atoms with Gasteiger partial charge in [0.05, 0.1) is 0 Å². The first-order valence-corrected chi connectivity index (χ1v) is 16.2. The Morgan fingerprint density at radius 2 is 1.07 bits per heavy atom. The number of nitrogens with one attached hydrogen (secondary N) is 1. The fraction of sp³-hybridized carbons (Fsp3) is 0.140. The summed E-state index contributed by atoms with van der Waals surface area (Å²) in [4.78, 5) is 11.9. The zero-order chi connectivity index (χ0) is 30.3. The summed E-state index contributed by atoms with van der Waals surface area (Å²) in [6.45, 7) is 2.10. The fourth-order valence-electron chi connectivity index (χ4n) is 7.28. The average molecular weight is 582 g/mol. The molecule has 1 amide bonds. The molecule has 0 saturated carbocycles. The van der Waals surface area contributed by atoms with E-state index in [0.717, 1.165) is 23.9 Å². The number of carbonyl (C=O) groups excluding carboxylic acids is 1. The number of rotatable bonds is 4. The van der Waals surface area contributed by atoms with E-state index in [0.29, 0.717) is 6.42 Å². The van der Waals surface area contributed by atoms with Crippen LogP contribution in [0.1, 0.15) is 70.7 Å². The predicted molar refractivity (Wildman–Crippen MR) is 194 cm³/mol. The molecule has 4 aliphatic rings. The molecule has 4 aliphatic carbocycles. The predicted octanol–water partition coefficient (Wildman–Crippen LogP) is 11.2. The Kier molecular flexibility index (Phi) is 6.91. The molecule has 0 atom stereocenters. The summed E-state index contributed by atoms with van der Waals surface area (Å²) in [6.07, 6.45) is 18.1. The maximum atomic E-state index is 11.9. The standard InChI is InChI=1S/C17H17NO.C14H10.C12H8/c1-2-3-7-16(19)18-15-11-10-13-9-8-12-5-4-6-14(15)17(12)13;1-2-10-7-8-12-4-3-11-6-5-9(1)13(10)14(11)12;1-3-9-4-2-6-11-8-7-10(5-1)12(9)11/h4-6,8-11H,2-3,7H2,1H3,(H,18,19);1-2,5-8H,3-4H2;1-8H. The van der Waals surface area contributed by atoms with Gasteiger partial charge < -0.3 is 5.32 Å². The number of carbonyl (C=O) groups is 1. The molecule has 1 N–H and O–H groups in total. The van der Waals surface area contributed by atoms with Crippen molar-refractivity contribution in [3.05, 3.63) is 136 Å². The molecule has 0 bridgehead atoms. The van der Waals surface area contributed by atoms with Crippen LogP contribution >= 0.6 is 0 Å². The summed E-state index contributed by atoms with van der Waals surface area (Å²) in [7, 11) is 0. The molecule has 218 valence electrons. The molecule has 6 aromatic carbocycles. The molecule has 45 heavy (non-hydrogen) atoms. The van der Waals surface area contributed by atoms with Crippen molar-refractivity contribution in [2.75, 3.05) is 5.32 Å². The van der Waals surface area contributed by atoms with E-state index in [4.69, 9.17) is 0 Å². The van der Waals surface area contributed by atoms with Crippen LogP contribution in [0.5, 0.6) is 0 Å². The van der Waals surface area contributed by atoms with Crippen molar-refractivity contribution in [2.24, 2.45) is 0 Å². The van der Waals surface area contributed by atoms with Gasteiger partial charge in [0.1, 0.15) is 0 Å². The molecule has 0 spiro atoms. The van der Waals surface area contributed by atoms with Gasteiger partial charge in [-0.3, -0.25) is 4.79 Å². The van der Waals surface area contributed by atoms with Crippen molar-refractivity contribution >= 4 is 80.4 Å². The molecule has 0 unspecified atom stereocenters. The van der Waals surface area contributed by atoms with E-state index in [1.165, 1.54) is 67.8 Å². The smallest absolute Gasteiger partial charge is 0.224 e. The molecule has 10 rings (SSSR count). The van der Waals surface area contributed by atoms with Crippen molar-refractivity contribution in [3.63, 3.8) is 0 Å². The number of benzene rings is 6. The van der Waals surface area contributed by atoms with Crippen LogP contribution in [-0.2, 0) is 17.6 Å². The van der Waals surface area contributed by atoms with Gasteiger partial charge in [0, 0.05) is 17.5 Å². The van der Waals surface area contributed by atoms with Gasteiger partial charge in [-0.2, -0.15) is 0 Å². The Morgan fingerprint density at radius 3 is 1.67 bits per heavy atom. The van der Waals surface area contributed by atoms with Crippen LogP contribution in [0.2, 0.25) is 0 Å². The number of hydrogen-bond donors (Lipinski definition) is 1. The highest BCUT2D eigenvalue weighted by Crippen LogP contribution is 2.39. The number of anilines is 1. The Balaban J connectivity index is 0.000000103. The normalized spacial score (nSPS) is 13.4. The molecule has 6 aromatic rings. The summed E-state index contributed by atoms with van der Waals surface area (Å²) < 4.78 is 0. The second-order valence-corrected chi connectivity index (χ2v) is 12.3. The molecule has 0 saturated heterocycles. The summed E-state index contributed by atoms with van der Waals surface area (Å²) in [5, 5.41) is 11.2. The van der Waals surface area contributed by atoms with E-state index >= 15 is 0 Å². The Hall–Kier alpha value is -5.21. The Bertz CT molecular complexity index is 2150. The van der Waals surface area contributed by atoms with Crippen LogP contribution in [0.3, 0.4) is 0 Å². The first kappa shape index (κ1) is 27.3. The van der Waals surface area contributed by atoms with Crippen LogP contribution in [0.4, 0.5) is 5.69 Å². The molecule has 0 radical (unpaired) electrons. The fourth-order valence-corrected chi connectivity index (χ4v) is 7.28. The minimum atomic E-state index is 0.105. The lowest BCUT2D eigenvalue weighted by molar-refractivity contribution is -0.116. The topological polar surface area (TPSA) is 29.1 Å². The summed E-state index contributed by atoms with van der Waals surface area (Å²) >= 11 is 0. The third kappa shape index (κ3) is 4.87. The second kappa shape index (κ2) is 11.4. The van der Waals surface area contributed by atoms with Gasteiger partial charge in [-0.05, 0) is 96.8 Å². The Labute approximate surface area is 264 Å². The van der Waals surface area contributed by atoms with Crippen molar-refractivity contribution in [1.82, 2.24) is 0 Å². The lowest BCUT2D eigenvalue weighted by Crippen LogP contribution is -2.11.